The number of halogens is 1. The van der Waals surface area contributed by atoms with Crippen molar-refractivity contribution < 1.29 is 9.59 Å². The maximum Gasteiger partial charge on any atom is 0.262 e. The summed E-state index contributed by atoms with van der Waals surface area (Å²) in [6.45, 7) is 3.73. The minimum absolute atomic E-state index is 0.204. The number of benzene rings is 1. The fraction of sp³-hybridized carbons (Fsp3) is 0.333. The van der Waals surface area contributed by atoms with Crippen molar-refractivity contribution in [3.05, 3.63) is 35.4 Å². The Morgan fingerprint density at radius 2 is 1.56 bits per heavy atom. The molecule has 0 fully saturated rings. The molecule has 0 N–H and O–H groups in total. The van der Waals surface area contributed by atoms with Gasteiger partial charge in [-0.05, 0) is 26.0 Å². The molecule has 0 aliphatic carbocycles. The lowest BCUT2D eigenvalue weighted by Crippen LogP contribution is -2.48. The van der Waals surface area contributed by atoms with Crippen LogP contribution in [0, 0.1) is 0 Å². The van der Waals surface area contributed by atoms with E-state index in [2.05, 4.69) is 15.9 Å². The van der Waals surface area contributed by atoms with Crippen molar-refractivity contribution >= 4 is 27.7 Å². The van der Waals surface area contributed by atoms with E-state index in [0.29, 0.717) is 16.5 Å². The fourth-order valence-corrected chi connectivity index (χ4v) is 2.05. The summed E-state index contributed by atoms with van der Waals surface area (Å²) in [5.74, 6) is -0.407. The molecule has 84 valence electrons. The lowest BCUT2D eigenvalue weighted by atomic mass is 10.1. The standard InChI is InChI=1S/C12H12BrNO2/c1-12(2,7-13)14-10(15)8-5-3-4-6-9(8)11(14)16/h3-6H,7H2,1-2H3. The van der Waals surface area contributed by atoms with Gasteiger partial charge in [0.25, 0.3) is 11.8 Å². The Bertz CT molecular complexity index is 433. The molecule has 1 aromatic carbocycles. The number of fused-ring (bicyclic) bond motifs is 1. The lowest BCUT2D eigenvalue weighted by Gasteiger charge is -2.31. The van der Waals surface area contributed by atoms with Crippen molar-refractivity contribution in [1.82, 2.24) is 4.90 Å². The van der Waals surface area contributed by atoms with Crippen molar-refractivity contribution in [2.75, 3.05) is 5.33 Å². The first-order valence-electron chi connectivity index (χ1n) is 5.03. The third kappa shape index (κ3) is 1.48. The number of carbonyl (C=O) groups excluding carboxylic acids is 2. The molecule has 0 unspecified atom stereocenters. The average Bonchev–Trinajstić information content (AvgIpc) is 2.53. The molecule has 0 saturated carbocycles. The quantitative estimate of drug-likeness (QED) is 0.617. The van der Waals surface area contributed by atoms with Gasteiger partial charge in [-0.1, -0.05) is 28.1 Å². The summed E-state index contributed by atoms with van der Waals surface area (Å²) in [7, 11) is 0. The van der Waals surface area contributed by atoms with Gasteiger partial charge in [0, 0.05) is 5.33 Å². The minimum Gasteiger partial charge on any atom is -0.269 e. The zero-order valence-corrected chi connectivity index (χ0v) is 10.7. The van der Waals surface area contributed by atoms with E-state index >= 15 is 0 Å². The summed E-state index contributed by atoms with van der Waals surface area (Å²) in [5, 5.41) is 0.561. The number of amides is 2. The molecular weight excluding hydrogens is 270 g/mol. The molecule has 16 heavy (non-hydrogen) atoms. The Morgan fingerprint density at radius 1 is 1.12 bits per heavy atom. The number of carbonyl (C=O) groups is 2. The highest BCUT2D eigenvalue weighted by Gasteiger charge is 2.43. The van der Waals surface area contributed by atoms with Gasteiger partial charge in [-0.25, -0.2) is 0 Å². The number of hydrogen-bond donors (Lipinski definition) is 0. The summed E-state index contributed by atoms with van der Waals surface area (Å²) >= 11 is 3.33. The summed E-state index contributed by atoms with van der Waals surface area (Å²) in [4.78, 5) is 25.5. The molecule has 0 aromatic heterocycles. The predicted molar refractivity (Wildman–Crippen MR) is 64.8 cm³/mol. The Morgan fingerprint density at radius 3 is 1.94 bits per heavy atom. The van der Waals surface area contributed by atoms with Gasteiger partial charge in [-0.3, -0.25) is 14.5 Å². The maximum absolute atomic E-state index is 12.1. The summed E-state index contributed by atoms with van der Waals surface area (Å²) in [6.07, 6.45) is 0. The van der Waals surface area contributed by atoms with Gasteiger partial charge >= 0.3 is 0 Å². The molecule has 0 radical (unpaired) electrons. The van der Waals surface area contributed by atoms with Crippen molar-refractivity contribution in [2.45, 2.75) is 19.4 Å². The summed E-state index contributed by atoms with van der Waals surface area (Å²) in [6, 6.07) is 6.93. The normalized spacial score (nSPS) is 15.6. The monoisotopic (exact) mass is 281 g/mol. The van der Waals surface area contributed by atoms with Gasteiger partial charge < -0.3 is 0 Å². The molecule has 1 aliphatic rings. The Kier molecular flexibility index (Phi) is 2.62. The fourth-order valence-electron chi connectivity index (χ4n) is 1.80. The molecule has 0 saturated heterocycles. The van der Waals surface area contributed by atoms with Crippen LogP contribution >= 0.6 is 15.9 Å². The third-order valence-corrected chi connectivity index (χ3v) is 4.10. The van der Waals surface area contributed by atoms with Gasteiger partial charge in [-0.2, -0.15) is 0 Å². The van der Waals surface area contributed by atoms with Crippen LogP contribution in [0.5, 0.6) is 0 Å². The zero-order valence-electron chi connectivity index (χ0n) is 9.16. The highest BCUT2D eigenvalue weighted by Crippen LogP contribution is 2.30. The predicted octanol–water partition coefficient (Wildman–Crippen LogP) is 2.46. The first-order valence-corrected chi connectivity index (χ1v) is 6.15. The van der Waals surface area contributed by atoms with Crippen LogP contribution in [0.4, 0.5) is 0 Å². The smallest absolute Gasteiger partial charge is 0.262 e. The first-order chi connectivity index (χ1) is 7.49. The highest BCUT2D eigenvalue weighted by atomic mass is 79.9. The Balaban J connectivity index is 2.51. The second kappa shape index (κ2) is 3.70. The number of nitrogens with zero attached hydrogens (tertiary/aromatic N) is 1. The Labute approximate surface area is 103 Å². The SMILES string of the molecule is CC(C)(CBr)N1C(=O)c2ccccc2C1=O. The van der Waals surface area contributed by atoms with Crippen molar-refractivity contribution in [2.24, 2.45) is 0 Å². The molecule has 3 nitrogen and oxygen atoms in total. The van der Waals surface area contributed by atoms with E-state index in [0.717, 1.165) is 0 Å². The summed E-state index contributed by atoms with van der Waals surface area (Å²) < 4.78 is 0. The van der Waals surface area contributed by atoms with E-state index in [9.17, 15) is 9.59 Å². The Hall–Kier alpha value is -1.16. The largest absolute Gasteiger partial charge is 0.269 e. The molecule has 1 aliphatic heterocycles. The van der Waals surface area contributed by atoms with E-state index < -0.39 is 5.54 Å². The minimum atomic E-state index is -0.507. The number of hydrogen-bond acceptors (Lipinski definition) is 2. The first kappa shape index (κ1) is 11.3. The number of rotatable bonds is 2. The van der Waals surface area contributed by atoms with Gasteiger partial charge in [0.15, 0.2) is 0 Å². The van der Waals surface area contributed by atoms with Crippen LogP contribution in [0.1, 0.15) is 34.6 Å². The van der Waals surface area contributed by atoms with E-state index in [4.69, 9.17) is 0 Å². The second-order valence-electron chi connectivity index (χ2n) is 4.44. The van der Waals surface area contributed by atoms with Crippen molar-refractivity contribution in [3.63, 3.8) is 0 Å². The van der Waals surface area contributed by atoms with E-state index in [1.165, 1.54) is 4.90 Å². The average molecular weight is 282 g/mol. The molecule has 0 atom stereocenters. The van der Waals surface area contributed by atoms with Gasteiger partial charge in [0.2, 0.25) is 0 Å². The van der Waals surface area contributed by atoms with Crippen LogP contribution in [-0.4, -0.2) is 27.6 Å². The highest BCUT2D eigenvalue weighted by molar-refractivity contribution is 9.09. The van der Waals surface area contributed by atoms with E-state index in [1.54, 1.807) is 24.3 Å². The molecule has 0 bridgehead atoms. The van der Waals surface area contributed by atoms with Crippen LogP contribution in [0.15, 0.2) is 24.3 Å². The molecule has 1 aromatic rings. The summed E-state index contributed by atoms with van der Waals surface area (Å²) in [5.41, 5.74) is 0.496. The number of imide groups is 1. The van der Waals surface area contributed by atoms with Crippen LogP contribution in [0.2, 0.25) is 0 Å². The lowest BCUT2D eigenvalue weighted by molar-refractivity contribution is 0.0515. The number of alkyl halides is 1. The second-order valence-corrected chi connectivity index (χ2v) is 5.00. The molecule has 1 heterocycles. The topological polar surface area (TPSA) is 37.4 Å². The third-order valence-electron chi connectivity index (χ3n) is 2.73. The van der Waals surface area contributed by atoms with Crippen LogP contribution in [-0.2, 0) is 0 Å². The zero-order chi connectivity index (χ0) is 11.9. The molecule has 4 heteroatoms. The molecule has 0 spiro atoms. The van der Waals surface area contributed by atoms with Gasteiger partial charge in [0.05, 0.1) is 16.7 Å². The van der Waals surface area contributed by atoms with Crippen LogP contribution < -0.4 is 0 Å². The van der Waals surface area contributed by atoms with Crippen molar-refractivity contribution in [3.8, 4) is 0 Å². The van der Waals surface area contributed by atoms with Crippen LogP contribution in [0.25, 0.3) is 0 Å². The van der Waals surface area contributed by atoms with Crippen molar-refractivity contribution in [1.29, 1.82) is 0 Å². The van der Waals surface area contributed by atoms with Gasteiger partial charge in [-0.15, -0.1) is 0 Å². The molecular formula is C12H12BrNO2. The van der Waals surface area contributed by atoms with Gasteiger partial charge in [0.1, 0.15) is 0 Å². The maximum atomic E-state index is 12.1. The van der Waals surface area contributed by atoms with E-state index in [-0.39, 0.29) is 11.8 Å². The molecule has 2 amide bonds. The van der Waals surface area contributed by atoms with Crippen LogP contribution in [0.3, 0.4) is 0 Å². The van der Waals surface area contributed by atoms with E-state index in [1.807, 2.05) is 13.8 Å². The molecule has 2 rings (SSSR count).